The lowest BCUT2D eigenvalue weighted by molar-refractivity contribution is 0.410. The van der Waals surface area contributed by atoms with E-state index in [0.717, 1.165) is 36.5 Å². The van der Waals surface area contributed by atoms with E-state index in [4.69, 9.17) is 9.72 Å². The second-order valence-electron chi connectivity index (χ2n) is 8.27. The van der Waals surface area contributed by atoms with Crippen molar-refractivity contribution >= 4 is 12.2 Å². The number of halogens is 1. The van der Waals surface area contributed by atoms with E-state index in [1.165, 1.54) is 0 Å². The molecule has 0 aliphatic carbocycles. The number of fused-ring (bicyclic) bond motifs is 1. The van der Waals surface area contributed by atoms with E-state index >= 15 is 0 Å². The van der Waals surface area contributed by atoms with Crippen LogP contribution in [0, 0.1) is 19.7 Å². The van der Waals surface area contributed by atoms with Crippen molar-refractivity contribution in [3.05, 3.63) is 82.8 Å². The fourth-order valence-electron chi connectivity index (χ4n) is 4.27. The van der Waals surface area contributed by atoms with Crippen molar-refractivity contribution in [2.45, 2.75) is 39.2 Å². The van der Waals surface area contributed by atoms with Crippen LogP contribution in [0.25, 0.3) is 18.0 Å². The second kappa shape index (κ2) is 8.61. The third-order valence-corrected chi connectivity index (χ3v) is 5.94. The highest BCUT2D eigenvalue weighted by atomic mass is 19.1. The first-order valence-electron chi connectivity index (χ1n) is 11.0. The number of hydrogen-bond acceptors (Lipinski definition) is 5. The molecule has 0 N–H and O–H groups in total. The highest BCUT2D eigenvalue weighted by Gasteiger charge is 2.27. The number of pyridine rings is 1. The van der Waals surface area contributed by atoms with Crippen molar-refractivity contribution in [3.8, 4) is 11.6 Å². The molecule has 33 heavy (non-hydrogen) atoms. The number of aryl methyl sites for hydroxylation is 3. The lowest BCUT2D eigenvalue weighted by Crippen LogP contribution is -2.19. The highest BCUT2D eigenvalue weighted by molar-refractivity contribution is 5.67. The third-order valence-electron chi connectivity index (χ3n) is 5.94. The van der Waals surface area contributed by atoms with Crippen LogP contribution in [0.15, 0.2) is 43.0 Å². The highest BCUT2D eigenvalue weighted by Crippen LogP contribution is 2.34. The van der Waals surface area contributed by atoms with E-state index in [-0.39, 0.29) is 11.7 Å². The number of rotatable bonds is 5. The van der Waals surface area contributed by atoms with Crippen LogP contribution in [0.5, 0.6) is 5.75 Å². The van der Waals surface area contributed by atoms with E-state index in [0.29, 0.717) is 28.5 Å². The van der Waals surface area contributed by atoms with Crippen molar-refractivity contribution in [2.24, 2.45) is 0 Å². The van der Waals surface area contributed by atoms with E-state index in [1.54, 1.807) is 32.6 Å². The molecule has 7 nitrogen and oxygen atoms in total. The number of methoxy groups -OCH3 is 1. The maximum atomic E-state index is 14.8. The maximum absolute atomic E-state index is 14.8. The van der Waals surface area contributed by atoms with Gasteiger partial charge in [0.05, 0.1) is 12.8 Å². The smallest absolute Gasteiger partial charge is 0.180 e. The van der Waals surface area contributed by atoms with Crippen molar-refractivity contribution in [1.29, 1.82) is 0 Å². The summed E-state index contributed by atoms with van der Waals surface area (Å²) in [5, 5.41) is 4.64. The molecule has 1 atom stereocenters. The van der Waals surface area contributed by atoms with Gasteiger partial charge in [-0.2, -0.15) is 5.10 Å². The van der Waals surface area contributed by atoms with Crippen LogP contribution in [0.2, 0.25) is 0 Å². The molecule has 5 rings (SSSR count). The molecule has 1 aliphatic rings. The average molecular weight is 445 g/mol. The molecule has 168 valence electrons. The van der Waals surface area contributed by atoms with E-state index < -0.39 is 0 Å². The van der Waals surface area contributed by atoms with Gasteiger partial charge in [-0.15, -0.1) is 0 Å². The summed E-state index contributed by atoms with van der Waals surface area (Å²) in [7, 11) is 1.62. The molecule has 0 saturated carbocycles. The minimum absolute atomic E-state index is 0.0898. The molecule has 4 aromatic rings. The van der Waals surface area contributed by atoms with Crippen molar-refractivity contribution in [3.63, 3.8) is 0 Å². The maximum Gasteiger partial charge on any atom is 0.180 e. The molecule has 0 unspecified atom stereocenters. The molecule has 0 bridgehead atoms. The van der Waals surface area contributed by atoms with Gasteiger partial charge in [0.1, 0.15) is 18.0 Å². The summed E-state index contributed by atoms with van der Waals surface area (Å²) in [5.41, 5.74) is 3.11. The number of benzene rings is 1. The predicted molar refractivity (Wildman–Crippen MR) is 124 cm³/mol. The molecule has 4 heterocycles. The summed E-state index contributed by atoms with van der Waals surface area (Å²) >= 11 is 0. The molecule has 1 aromatic carbocycles. The Balaban J connectivity index is 1.42. The van der Waals surface area contributed by atoms with Crippen molar-refractivity contribution in [1.82, 2.24) is 29.3 Å². The largest absolute Gasteiger partial charge is 0.493 e. The molecule has 3 aromatic heterocycles. The van der Waals surface area contributed by atoms with Gasteiger partial charge >= 0.3 is 0 Å². The van der Waals surface area contributed by atoms with Gasteiger partial charge in [-0.3, -0.25) is 4.57 Å². The summed E-state index contributed by atoms with van der Waals surface area (Å²) in [4.78, 5) is 13.5. The fraction of sp³-hybridized carbons (Fsp3) is 0.280. The SMILES string of the molecule is COc1cc(/C=C/c2nc3n(n2)CCC[C@@H]3c2cccc(C)c2F)cnc1-n1cnc(C)c1. The van der Waals surface area contributed by atoms with E-state index in [2.05, 4.69) is 15.1 Å². The predicted octanol–water partition coefficient (Wildman–Crippen LogP) is 4.72. The lowest BCUT2D eigenvalue weighted by atomic mass is 9.90. The summed E-state index contributed by atoms with van der Waals surface area (Å²) in [6.45, 7) is 4.51. The molecule has 1 aliphatic heterocycles. The van der Waals surface area contributed by atoms with Crippen LogP contribution >= 0.6 is 0 Å². The summed E-state index contributed by atoms with van der Waals surface area (Å²) < 4.78 is 24.1. The minimum Gasteiger partial charge on any atom is -0.493 e. The molecule has 0 saturated heterocycles. The zero-order valence-electron chi connectivity index (χ0n) is 18.9. The van der Waals surface area contributed by atoms with Gasteiger partial charge in [0.2, 0.25) is 0 Å². The summed E-state index contributed by atoms with van der Waals surface area (Å²) in [6.07, 6.45) is 10.9. The van der Waals surface area contributed by atoms with Gasteiger partial charge in [0.15, 0.2) is 17.4 Å². The Morgan fingerprint density at radius 1 is 1.18 bits per heavy atom. The Morgan fingerprint density at radius 2 is 2.06 bits per heavy atom. The van der Waals surface area contributed by atoms with Gasteiger partial charge in [-0.05, 0) is 61.6 Å². The van der Waals surface area contributed by atoms with E-state index in [1.807, 2.05) is 52.7 Å². The normalized spacial score (nSPS) is 15.7. The number of ether oxygens (including phenoxy) is 1. The third kappa shape index (κ3) is 4.04. The molecule has 0 fully saturated rings. The quantitative estimate of drug-likeness (QED) is 0.446. The first-order chi connectivity index (χ1) is 16.0. The molecular formula is C25H25FN6O. The molecule has 0 spiro atoms. The van der Waals surface area contributed by atoms with Crippen LogP contribution in [0.4, 0.5) is 4.39 Å². The monoisotopic (exact) mass is 444 g/mol. The Labute approximate surface area is 191 Å². The zero-order valence-corrected chi connectivity index (χ0v) is 18.9. The zero-order chi connectivity index (χ0) is 22.9. The van der Waals surface area contributed by atoms with Gasteiger partial charge in [0.25, 0.3) is 0 Å². The van der Waals surface area contributed by atoms with Crippen LogP contribution in [-0.2, 0) is 6.54 Å². The number of aromatic nitrogens is 6. The standard InChI is InChI=1S/C25H25FN6O/c1-16-6-4-7-19(23(16)26)20-8-5-11-32-24(20)29-22(30-32)10-9-18-12-21(33-3)25(27-13-18)31-14-17(2)28-15-31/h4,6-7,9-10,12-15,20H,5,8,11H2,1-3H3/b10-9+/t20-/m1/s1. The first kappa shape index (κ1) is 21.1. The van der Waals surface area contributed by atoms with Gasteiger partial charge in [0, 0.05) is 24.9 Å². The molecule has 8 heteroatoms. The van der Waals surface area contributed by atoms with Gasteiger partial charge in [-0.25, -0.2) is 24.0 Å². The Bertz CT molecular complexity index is 1340. The second-order valence-corrected chi connectivity index (χ2v) is 8.27. The van der Waals surface area contributed by atoms with Gasteiger partial charge < -0.3 is 4.74 Å². The minimum atomic E-state index is -0.151. The molecular weight excluding hydrogens is 419 g/mol. The topological polar surface area (TPSA) is 70.7 Å². The van der Waals surface area contributed by atoms with Crippen molar-refractivity contribution < 1.29 is 9.13 Å². The summed E-state index contributed by atoms with van der Waals surface area (Å²) in [6, 6.07) is 7.46. The lowest BCUT2D eigenvalue weighted by Gasteiger charge is -2.23. The Morgan fingerprint density at radius 3 is 2.85 bits per heavy atom. The average Bonchev–Trinajstić information content (AvgIpc) is 3.45. The van der Waals surface area contributed by atoms with Crippen LogP contribution in [-0.4, -0.2) is 36.4 Å². The number of hydrogen-bond donors (Lipinski definition) is 0. The first-order valence-corrected chi connectivity index (χ1v) is 11.0. The van der Waals surface area contributed by atoms with Crippen LogP contribution in [0.3, 0.4) is 0 Å². The van der Waals surface area contributed by atoms with Crippen molar-refractivity contribution in [2.75, 3.05) is 7.11 Å². The fourth-order valence-corrected chi connectivity index (χ4v) is 4.27. The van der Waals surface area contributed by atoms with Crippen LogP contribution in [0.1, 0.15) is 52.8 Å². The van der Waals surface area contributed by atoms with Gasteiger partial charge in [-0.1, -0.05) is 18.2 Å². The Hall–Kier alpha value is -3.81. The molecule has 0 amide bonds. The van der Waals surface area contributed by atoms with Crippen LogP contribution < -0.4 is 4.74 Å². The molecule has 0 radical (unpaired) electrons. The Kier molecular flexibility index (Phi) is 5.50. The number of imidazole rings is 1. The summed E-state index contributed by atoms with van der Waals surface area (Å²) in [5.74, 6) is 2.48. The van der Waals surface area contributed by atoms with E-state index in [9.17, 15) is 4.39 Å². The number of nitrogens with zero attached hydrogens (tertiary/aromatic N) is 6.